The molecule has 0 atom stereocenters. The van der Waals surface area contributed by atoms with Crippen molar-refractivity contribution in [1.82, 2.24) is 0 Å². The highest BCUT2D eigenvalue weighted by Crippen LogP contribution is 2.21. The molecule has 0 heterocycles. The van der Waals surface area contributed by atoms with Crippen LogP contribution >= 0.6 is 31.9 Å². The van der Waals surface area contributed by atoms with Crippen LogP contribution in [0.5, 0.6) is 0 Å². The second kappa shape index (κ2) is 3.35. The number of benzene rings is 1. The third-order valence-electron chi connectivity index (χ3n) is 1.14. The monoisotopic (exact) mass is 260 g/mol. The van der Waals surface area contributed by atoms with Crippen LogP contribution in [-0.2, 0) is 0 Å². The van der Waals surface area contributed by atoms with Crippen molar-refractivity contribution in [3.8, 4) is 0 Å². The first-order chi connectivity index (χ1) is 4.70. The van der Waals surface area contributed by atoms with E-state index in [2.05, 4.69) is 38.4 Å². The first-order valence-corrected chi connectivity index (χ1v) is 4.39. The molecule has 0 saturated carbocycles. The molecule has 52 valence electrons. The molecule has 0 aromatic heterocycles. The first kappa shape index (κ1) is 8.02. The largest absolute Gasteiger partial charge is 0.0841 e. The predicted octanol–water partition coefficient (Wildman–Crippen LogP) is 3.81. The molecule has 0 unspecified atom stereocenters. The molecule has 1 aromatic carbocycles. The smallest absolute Gasteiger partial charge is 0.0181 e. The second-order valence-electron chi connectivity index (χ2n) is 1.92. The maximum atomic E-state index is 3.76. The molecule has 0 fully saturated rings. The van der Waals surface area contributed by atoms with Gasteiger partial charge in [0.05, 0.1) is 0 Å². The van der Waals surface area contributed by atoms with Crippen molar-refractivity contribution in [1.29, 1.82) is 0 Å². The van der Waals surface area contributed by atoms with Crippen LogP contribution in [0, 0.1) is 0 Å². The third kappa shape index (κ3) is 1.96. The molecule has 1 aromatic rings. The highest BCUT2D eigenvalue weighted by atomic mass is 79.9. The van der Waals surface area contributed by atoms with Crippen molar-refractivity contribution in [3.63, 3.8) is 0 Å². The standard InChI is InChI=1S/C8H6Br2/c1-6(9)7-3-2-4-8(10)5-7/h2-5H,1H2. The second-order valence-corrected chi connectivity index (χ2v) is 3.79. The van der Waals surface area contributed by atoms with Crippen LogP contribution in [0.25, 0.3) is 4.48 Å². The molecular formula is C8H6Br2. The normalized spacial score (nSPS) is 9.40. The molecule has 0 amide bonds. The Hall–Kier alpha value is -0.0800. The van der Waals surface area contributed by atoms with E-state index in [-0.39, 0.29) is 0 Å². The Labute approximate surface area is 77.2 Å². The van der Waals surface area contributed by atoms with Gasteiger partial charge < -0.3 is 0 Å². The van der Waals surface area contributed by atoms with Crippen molar-refractivity contribution in [2.75, 3.05) is 0 Å². The SMILES string of the molecule is C=C(Br)c1cccc(Br)c1. The van der Waals surface area contributed by atoms with E-state index < -0.39 is 0 Å². The number of halogens is 2. The summed E-state index contributed by atoms with van der Waals surface area (Å²) in [4.78, 5) is 0. The van der Waals surface area contributed by atoms with Gasteiger partial charge in [-0.25, -0.2) is 0 Å². The van der Waals surface area contributed by atoms with Crippen LogP contribution in [0.2, 0.25) is 0 Å². The Morgan fingerprint density at radius 1 is 1.40 bits per heavy atom. The minimum atomic E-state index is 0.911. The third-order valence-corrected chi connectivity index (χ3v) is 2.09. The van der Waals surface area contributed by atoms with E-state index in [9.17, 15) is 0 Å². The van der Waals surface area contributed by atoms with Crippen LogP contribution in [0.4, 0.5) is 0 Å². The van der Waals surface area contributed by atoms with Crippen molar-refractivity contribution in [2.45, 2.75) is 0 Å². The predicted molar refractivity (Wildman–Crippen MR) is 52.1 cm³/mol. The molecule has 0 spiro atoms. The lowest BCUT2D eigenvalue weighted by atomic mass is 10.2. The molecule has 0 nitrogen and oxygen atoms in total. The lowest BCUT2D eigenvalue weighted by Crippen LogP contribution is -1.72. The summed E-state index contributed by atoms with van der Waals surface area (Å²) in [6, 6.07) is 7.98. The molecule has 2 heteroatoms. The Balaban J connectivity index is 3.07. The molecule has 0 bridgehead atoms. The summed E-state index contributed by atoms with van der Waals surface area (Å²) in [7, 11) is 0. The van der Waals surface area contributed by atoms with Gasteiger partial charge in [0.25, 0.3) is 0 Å². The molecule has 0 aliphatic heterocycles. The summed E-state index contributed by atoms with van der Waals surface area (Å²) < 4.78 is 1.99. The van der Waals surface area contributed by atoms with Gasteiger partial charge >= 0.3 is 0 Å². The van der Waals surface area contributed by atoms with Crippen LogP contribution in [0.3, 0.4) is 0 Å². The van der Waals surface area contributed by atoms with Crippen molar-refractivity contribution >= 4 is 36.3 Å². The van der Waals surface area contributed by atoms with Gasteiger partial charge in [-0.2, -0.15) is 0 Å². The van der Waals surface area contributed by atoms with Gasteiger partial charge in [0.15, 0.2) is 0 Å². The summed E-state index contributed by atoms with van der Waals surface area (Å²) in [6.07, 6.45) is 0. The zero-order valence-corrected chi connectivity index (χ0v) is 8.44. The fourth-order valence-electron chi connectivity index (χ4n) is 0.657. The number of rotatable bonds is 1. The van der Waals surface area contributed by atoms with Crippen LogP contribution in [0.1, 0.15) is 5.56 Å². The Bertz CT molecular complexity index is 253. The first-order valence-electron chi connectivity index (χ1n) is 2.80. The molecule has 1 rings (SSSR count). The molecule has 0 radical (unpaired) electrons. The molecule has 0 aliphatic rings. The average molecular weight is 262 g/mol. The van der Waals surface area contributed by atoms with Crippen molar-refractivity contribution in [3.05, 3.63) is 40.9 Å². The van der Waals surface area contributed by atoms with E-state index in [1.54, 1.807) is 0 Å². The lowest BCUT2D eigenvalue weighted by molar-refractivity contribution is 1.61. The lowest BCUT2D eigenvalue weighted by Gasteiger charge is -1.96. The molecule has 0 N–H and O–H groups in total. The summed E-state index contributed by atoms with van der Waals surface area (Å²) >= 11 is 6.67. The van der Waals surface area contributed by atoms with Crippen LogP contribution in [0.15, 0.2) is 35.3 Å². The zero-order chi connectivity index (χ0) is 7.56. The highest BCUT2D eigenvalue weighted by molar-refractivity contribution is 9.15. The number of hydrogen-bond donors (Lipinski definition) is 0. The van der Waals surface area contributed by atoms with Gasteiger partial charge in [0, 0.05) is 8.96 Å². The molecule has 10 heavy (non-hydrogen) atoms. The van der Waals surface area contributed by atoms with Crippen LogP contribution in [-0.4, -0.2) is 0 Å². The maximum Gasteiger partial charge on any atom is 0.0181 e. The Kier molecular flexibility index (Phi) is 2.69. The van der Waals surface area contributed by atoms with Gasteiger partial charge in [-0.05, 0) is 17.7 Å². The number of hydrogen-bond acceptors (Lipinski definition) is 0. The van der Waals surface area contributed by atoms with Gasteiger partial charge in [0.1, 0.15) is 0 Å². The molecule has 0 saturated heterocycles. The topological polar surface area (TPSA) is 0 Å². The summed E-state index contributed by atoms with van der Waals surface area (Å²) in [5.74, 6) is 0. The Morgan fingerprint density at radius 2 is 2.10 bits per heavy atom. The summed E-state index contributed by atoms with van der Waals surface area (Å²) in [6.45, 7) is 3.76. The van der Waals surface area contributed by atoms with Crippen LogP contribution < -0.4 is 0 Å². The minimum Gasteiger partial charge on any atom is -0.0841 e. The van der Waals surface area contributed by atoms with E-state index >= 15 is 0 Å². The minimum absolute atomic E-state index is 0.911. The van der Waals surface area contributed by atoms with Crippen molar-refractivity contribution < 1.29 is 0 Å². The van der Waals surface area contributed by atoms with Gasteiger partial charge in [0.2, 0.25) is 0 Å². The molecular weight excluding hydrogens is 256 g/mol. The van der Waals surface area contributed by atoms with E-state index in [1.807, 2.05) is 24.3 Å². The quantitative estimate of drug-likeness (QED) is 0.721. The van der Waals surface area contributed by atoms with Gasteiger partial charge in [-0.3, -0.25) is 0 Å². The fraction of sp³-hybridized carbons (Fsp3) is 0. The Morgan fingerprint density at radius 3 is 2.50 bits per heavy atom. The summed E-state index contributed by atoms with van der Waals surface area (Å²) in [5.41, 5.74) is 1.11. The van der Waals surface area contributed by atoms with Crippen molar-refractivity contribution in [2.24, 2.45) is 0 Å². The van der Waals surface area contributed by atoms with E-state index in [0.29, 0.717) is 0 Å². The maximum absolute atomic E-state index is 3.76. The fourth-order valence-corrected chi connectivity index (χ4v) is 1.30. The average Bonchev–Trinajstić information content (AvgIpc) is 1.88. The summed E-state index contributed by atoms with van der Waals surface area (Å²) in [5, 5.41) is 0. The van der Waals surface area contributed by atoms with Gasteiger partial charge in [-0.15, -0.1) is 0 Å². The van der Waals surface area contributed by atoms with E-state index in [0.717, 1.165) is 14.5 Å². The highest BCUT2D eigenvalue weighted by Gasteiger charge is 1.93. The zero-order valence-electron chi connectivity index (χ0n) is 5.27. The molecule has 0 aliphatic carbocycles. The van der Waals surface area contributed by atoms with E-state index in [4.69, 9.17) is 0 Å². The van der Waals surface area contributed by atoms with E-state index in [1.165, 1.54) is 0 Å². The van der Waals surface area contributed by atoms with Gasteiger partial charge in [-0.1, -0.05) is 50.6 Å².